The number of aliphatic hydroxyl groups excluding tert-OH is 1. The minimum atomic E-state index is -4.35. The third-order valence-electron chi connectivity index (χ3n) is 8.83. The number of amides is 1. The maximum absolute atomic E-state index is 12.7. The van der Waals surface area contributed by atoms with E-state index < -0.39 is 20.0 Å². The molecule has 52 heavy (non-hydrogen) atoms. The summed E-state index contributed by atoms with van der Waals surface area (Å²) in [7, 11) is -4.35. The molecule has 8 nitrogen and oxygen atoms in total. The van der Waals surface area contributed by atoms with Crippen molar-refractivity contribution in [3.05, 3.63) is 60.8 Å². The second kappa shape index (κ2) is 38.9. The molecule has 302 valence electrons. The van der Waals surface area contributed by atoms with Gasteiger partial charge in [-0.25, -0.2) is 4.57 Å². The predicted octanol–water partition coefficient (Wildman–Crippen LogP) is 11.5. The van der Waals surface area contributed by atoms with Crippen LogP contribution in [-0.4, -0.2) is 47.8 Å². The molecule has 0 bridgehead atoms. The van der Waals surface area contributed by atoms with Crippen molar-refractivity contribution in [2.45, 2.75) is 187 Å². The van der Waals surface area contributed by atoms with Gasteiger partial charge in [-0.15, -0.1) is 0 Å². The van der Waals surface area contributed by atoms with Gasteiger partial charge in [-0.1, -0.05) is 164 Å². The number of aliphatic hydroxyl groups is 1. The van der Waals surface area contributed by atoms with Crippen LogP contribution in [0.25, 0.3) is 0 Å². The van der Waals surface area contributed by atoms with Gasteiger partial charge in [0.25, 0.3) is 0 Å². The molecule has 0 aliphatic rings. The molecule has 1 amide bonds. The largest absolute Gasteiger partial charge is 0.472 e. The molecule has 3 atom stereocenters. The monoisotopic (exact) mass is 751 g/mol. The van der Waals surface area contributed by atoms with Crippen molar-refractivity contribution >= 4 is 13.7 Å². The lowest BCUT2D eigenvalue weighted by Gasteiger charge is -2.23. The molecule has 0 rings (SSSR count). The summed E-state index contributed by atoms with van der Waals surface area (Å²) in [5.41, 5.74) is 5.36. The number of unbranched alkanes of at least 4 members (excludes halogenated alkanes) is 18. The SMILES string of the molecule is CC/C=C\C/C=C\C/C=C\CCCCCCCCCC(=O)NC(COP(=O)(O)OCCN)C(O)/C=C/CC/C=C/CCCCCCCCCCCC. The molecule has 0 aliphatic heterocycles. The first-order chi connectivity index (χ1) is 25.4. The lowest BCUT2D eigenvalue weighted by molar-refractivity contribution is -0.123. The van der Waals surface area contributed by atoms with Crippen LogP contribution in [-0.2, 0) is 18.4 Å². The fraction of sp³-hybridized carbons (Fsp3) is 0.744. The maximum atomic E-state index is 12.7. The van der Waals surface area contributed by atoms with Crippen molar-refractivity contribution in [3.63, 3.8) is 0 Å². The molecule has 0 aliphatic carbocycles. The average molecular weight is 751 g/mol. The Balaban J connectivity index is 4.32. The fourth-order valence-electron chi connectivity index (χ4n) is 5.69. The Morgan fingerprint density at radius 1 is 0.654 bits per heavy atom. The van der Waals surface area contributed by atoms with Crippen LogP contribution in [0.5, 0.6) is 0 Å². The molecule has 0 aromatic rings. The molecule has 0 radical (unpaired) electrons. The molecular weight excluding hydrogens is 671 g/mol. The number of hydrogen-bond donors (Lipinski definition) is 4. The summed E-state index contributed by atoms with van der Waals surface area (Å²) in [4.78, 5) is 22.7. The van der Waals surface area contributed by atoms with E-state index in [-0.39, 0.29) is 25.7 Å². The first-order valence-electron chi connectivity index (χ1n) is 20.9. The highest BCUT2D eigenvalue weighted by molar-refractivity contribution is 7.47. The van der Waals surface area contributed by atoms with Crippen molar-refractivity contribution in [2.75, 3.05) is 19.8 Å². The Morgan fingerprint density at radius 3 is 1.71 bits per heavy atom. The van der Waals surface area contributed by atoms with E-state index in [0.717, 1.165) is 70.6 Å². The summed E-state index contributed by atoms with van der Waals surface area (Å²) in [6, 6.07) is -0.884. The molecule has 3 unspecified atom stereocenters. The van der Waals surface area contributed by atoms with Crippen LogP contribution in [0, 0.1) is 0 Å². The van der Waals surface area contributed by atoms with Crippen molar-refractivity contribution in [1.82, 2.24) is 5.32 Å². The average Bonchev–Trinajstić information content (AvgIpc) is 3.13. The van der Waals surface area contributed by atoms with Gasteiger partial charge in [0.05, 0.1) is 25.4 Å². The molecule has 9 heteroatoms. The van der Waals surface area contributed by atoms with Crippen LogP contribution < -0.4 is 11.1 Å². The number of phosphoric acid groups is 1. The summed E-state index contributed by atoms with van der Waals surface area (Å²) >= 11 is 0. The van der Waals surface area contributed by atoms with Gasteiger partial charge >= 0.3 is 7.82 Å². The number of nitrogens with one attached hydrogen (secondary N) is 1. The molecule has 0 fully saturated rings. The van der Waals surface area contributed by atoms with Crippen LogP contribution in [0.15, 0.2) is 60.8 Å². The first-order valence-corrected chi connectivity index (χ1v) is 22.4. The first kappa shape index (κ1) is 50.2. The van der Waals surface area contributed by atoms with E-state index in [0.29, 0.717) is 6.42 Å². The molecule has 0 spiro atoms. The second-order valence-electron chi connectivity index (χ2n) is 13.8. The van der Waals surface area contributed by atoms with Crippen LogP contribution in [0.2, 0.25) is 0 Å². The topological polar surface area (TPSA) is 131 Å². The van der Waals surface area contributed by atoms with Crippen molar-refractivity contribution in [3.8, 4) is 0 Å². The van der Waals surface area contributed by atoms with Gasteiger partial charge in [-0.05, 0) is 64.2 Å². The summed E-state index contributed by atoms with van der Waals surface area (Å²) in [5.74, 6) is -0.217. The van der Waals surface area contributed by atoms with E-state index in [1.165, 1.54) is 83.5 Å². The highest BCUT2D eigenvalue weighted by Crippen LogP contribution is 2.43. The van der Waals surface area contributed by atoms with E-state index in [2.05, 4.69) is 67.8 Å². The van der Waals surface area contributed by atoms with Crippen LogP contribution in [0.4, 0.5) is 0 Å². The summed E-state index contributed by atoms with van der Waals surface area (Å²) in [6.07, 6.45) is 48.4. The zero-order chi connectivity index (χ0) is 38.2. The number of phosphoric ester groups is 1. The summed E-state index contributed by atoms with van der Waals surface area (Å²) < 4.78 is 22.1. The zero-order valence-electron chi connectivity index (χ0n) is 33.3. The smallest absolute Gasteiger partial charge is 0.387 e. The van der Waals surface area contributed by atoms with Crippen LogP contribution >= 0.6 is 7.82 Å². The van der Waals surface area contributed by atoms with Gasteiger partial charge in [-0.3, -0.25) is 13.8 Å². The molecule has 5 N–H and O–H groups in total. The van der Waals surface area contributed by atoms with E-state index in [9.17, 15) is 19.4 Å². The quantitative estimate of drug-likeness (QED) is 0.0281. The standard InChI is InChI=1S/C43H79N2O6P/c1-3-5-7-9-11-13-15-17-19-21-23-25-27-29-31-33-35-37-43(47)45-41(40-51-52(48,49)50-39-38-44)42(46)36-34-32-30-28-26-24-22-20-18-16-14-12-10-8-6-4-2/h5,7,11,13,17,19,26,28,34,36,41-42,46H,3-4,6,8-10,12,14-16,18,20-25,27,29-33,35,37-40,44H2,1-2H3,(H,45,47)(H,48,49)/b7-5-,13-11-,19-17-,28-26+,36-34+. The van der Waals surface area contributed by atoms with E-state index in [1.807, 2.05) is 6.08 Å². The van der Waals surface area contributed by atoms with E-state index in [4.69, 9.17) is 14.8 Å². The summed E-state index contributed by atoms with van der Waals surface area (Å²) in [6.45, 7) is 3.98. The van der Waals surface area contributed by atoms with E-state index >= 15 is 0 Å². The van der Waals surface area contributed by atoms with Gasteiger partial charge < -0.3 is 21.1 Å². The third kappa shape index (κ3) is 36.6. The van der Waals surface area contributed by atoms with Crippen LogP contribution in [0.3, 0.4) is 0 Å². The molecule has 0 aromatic heterocycles. The maximum Gasteiger partial charge on any atom is 0.472 e. The minimum Gasteiger partial charge on any atom is -0.387 e. The Bertz CT molecular complexity index is 996. The van der Waals surface area contributed by atoms with Crippen molar-refractivity contribution in [1.29, 1.82) is 0 Å². The molecule has 0 saturated heterocycles. The van der Waals surface area contributed by atoms with Gasteiger partial charge in [0.15, 0.2) is 0 Å². The lowest BCUT2D eigenvalue weighted by Crippen LogP contribution is -2.45. The zero-order valence-corrected chi connectivity index (χ0v) is 34.2. The number of carbonyl (C=O) groups excluding carboxylic acids is 1. The Labute approximate surface area is 319 Å². The highest BCUT2D eigenvalue weighted by Gasteiger charge is 2.26. The van der Waals surface area contributed by atoms with Gasteiger partial charge in [0, 0.05) is 13.0 Å². The van der Waals surface area contributed by atoms with Gasteiger partial charge in [0.2, 0.25) is 5.91 Å². The molecule has 0 saturated carbocycles. The minimum absolute atomic E-state index is 0.0697. The fourth-order valence-corrected chi connectivity index (χ4v) is 6.45. The number of nitrogens with two attached hydrogens (primary N) is 1. The highest BCUT2D eigenvalue weighted by atomic mass is 31.2. The second-order valence-corrected chi connectivity index (χ2v) is 15.3. The van der Waals surface area contributed by atoms with Gasteiger partial charge in [0.1, 0.15) is 0 Å². The number of allylic oxidation sites excluding steroid dienone is 9. The van der Waals surface area contributed by atoms with Gasteiger partial charge in [-0.2, -0.15) is 0 Å². The number of rotatable bonds is 38. The van der Waals surface area contributed by atoms with Crippen molar-refractivity contribution < 1.29 is 28.4 Å². The Morgan fingerprint density at radius 2 is 1.13 bits per heavy atom. The third-order valence-corrected chi connectivity index (χ3v) is 9.81. The normalized spacial score (nSPS) is 14.8. The number of carbonyl (C=O) groups is 1. The Kier molecular flexibility index (Phi) is 37.6. The van der Waals surface area contributed by atoms with E-state index in [1.54, 1.807) is 6.08 Å². The lowest BCUT2D eigenvalue weighted by atomic mass is 10.1. The van der Waals surface area contributed by atoms with Crippen LogP contribution in [0.1, 0.15) is 174 Å². The predicted molar refractivity (Wildman–Crippen MR) is 221 cm³/mol. The Hall–Kier alpha value is -1.80. The number of hydrogen-bond acceptors (Lipinski definition) is 6. The molecule has 0 aromatic carbocycles. The van der Waals surface area contributed by atoms with Crippen molar-refractivity contribution in [2.24, 2.45) is 5.73 Å². The summed E-state index contributed by atoms with van der Waals surface area (Å²) in [5, 5.41) is 13.6. The molecule has 0 heterocycles. The molecular formula is C43H79N2O6P.